The minimum Gasteiger partial charge on any atom is -0.354 e. The zero-order valence-corrected chi connectivity index (χ0v) is 9.62. The first kappa shape index (κ1) is 12.4. The average Bonchev–Trinajstić information content (AvgIpc) is 1.98. The highest BCUT2D eigenvalue weighted by Crippen LogP contribution is 2.11. The van der Waals surface area contributed by atoms with E-state index in [1.807, 2.05) is 13.8 Å². The number of nitrogens with one attached hydrogen (secondary N) is 2. The molecule has 0 aromatic heterocycles. The Hall–Kier alpha value is -0.570. The van der Waals surface area contributed by atoms with E-state index < -0.39 is 5.54 Å². The first-order chi connectivity index (χ1) is 5.69. The van der Waals surface area contributed by atoms with Crippen molar-refractivity contribution in [2.75, 3.05) is 13.6 Å². The number of carbonyl (C=O) groups excluding carboxylic acids is 1. The molecule has 0 unspecified atom stereocenters. The van der Waals surface area contributed by atoms with Crippen LogP contribution in [0.2, 0.25) is 0 Å². The zero-order valence-electron chi connectivity index (χ0n) is 9.62. The SMILES string of the molecule is CNC(C)(C)C(=O)NCC(C)(C)C. The maximum atomic E-state index is 11.6. The van der Waals surface area contributed by atoms with Crippen LogP contribution in [-0.2, 0) is 4.79 Å². The van der Waals surface area contributed by atoms with Crippen LogP contribution in [0.15, 0.2) is 0 Å². The van der Waals surface area contributed by atoms with Crippen LogP contribution in [0.25, 0.3) is 0 Å². The molecule has 0 aliphatic heterocycles. The van der Waals surface area contributed by atoms with Crippen molar-refractivity contribution >= 4 is 5.91 Å². The van der Waals surface area contributed by atoms with Crippen molar-refractivity contribution in [1.29, 1.82) is 0 Å². The molecule has 0 bridgehead atoms. The van der Waals surface area contributed by atoms with E-state index in [9.17, 15) is 4.79 Å². The van der Waals surface area contributed by atoms with Gasteiger partial charge in [-0.2, -0.15) is 0 Å². The Labute approximate surface area is 81.3 Å². The van der Waals surface area contributed by atoms with Crippen LogP contribution >= 0.6 is 0 Å². The molecule has 2 N–H and O–H groups in total. The van der Waals surface area contributed by atoms with Gasteiger partial charge in [0.05, 0.1) is 5.54 Å². The van der Waals surface area contributed by atoms with Crippen LogP contribution in [0.3, 0.4) is 0 Å². The van der Waals surface area contributed by atoms with Gasteiger partial charge in [-0.3, -0.25) is 4.79 Å². The van der Waals surface area contributed by atoms with Crippen molar-refractivity contribution < 1.29 is 4.79 Å². The smallest absolute Gasteiger partial charge is 0.239 e. The fraction of sp³-hybridized carbons (Fsp3) is 0.900. The van der Waals surface area contributed by atoms with Crippen LogP contribution < -0.4 is 10.6 Å². The Bertz CT molecular complexity index is 180. The van der Waals surface area contributed by atoms with Crippen molar-refractivity contribution in [2.24, 2.45) is 5.41 Å². The fourth-order valence-corrected chi connectivity index (χ4v) is 0.680. The zero-order chi connectivity index (χ0) is 10.7. The van der Waals surface area contributed by atoms with Crippen LogP contribution in [0, 0.1) is 5.41 Å². The summed E-state index contributed by atoms with van der Waals surface area (Å²) in [5, 5.41) is 5.88. The van der Waals surface area contributed by atoms with Crippen LogP contribution in [0.4, 0.5) is 0 Å². The first-order valence-corrected chi connectivity index (χ1v) is 4.66. The van der Waals surface area contributed by atoms with Gasteiger partial charge in [0.1, 0.15) is 0 Å². The molecule has 13 heavy (non-hydrogen) atoms. The molecule has 0 saturated heterocycles. The largest absolute Gasteiger partial charge is 0.354 e. The summed E-state index contributed by atoms with van der Waals surface area (Å²) in [6.07, 6.45) is 0. The van der Waals surface area contributed by atoms with Gasteiger partial charge < -0.3 is 10.6 Å². The molecule has 0 fully saturated rings. The molecule has 0 aromatic rings. The van der Waals surface area contributed by atoms with E-state index >= 15 is 0 Å². The normalized spacial score (nSPS) is 12.8. The highest BCUT2D eigenvalue weighted by molar-refractivity contribution is 5.85. The molecule has 0 aromatic carbocycles. The molecule has 0 aliphatic carbocycles. The first-order valence-electron chi connectivity index (χ1n) is 4.66. The highest BCUT2D eigenvalue weighted by atomic mass is 16.2. The summed E-state index contributed by atoms with van der Waals surface area (Å²) < 4.78 is 0. The monoisotopic (exact) mass is 186 g/mol. The average molecular weight is 186 g/mol. The molecule has 0 rings (SSSR count). The molecule has 3 heteroatoms. The van der Waals surface area contributed by atoms with Gasteiger partial charge in [0, 0.05) is 6.54 Å². The summed E-state index contributed by atoms with van der Waals surface area (Å²) in [7, 11) is 1.79. The van der Waals surface area contributed by atoms with Crippen molar-refractivity contribution in [3.05, 3.63) is 0 Å². The van der Waals surface area contributed by atoms with E-state index in [0.717, 1.165) is 0 Å². The molecule has 0 atom stereocenters. The lowest BCUT2D eigenvalue weighted by Gasteiger charge is -2.26. The third-order valence-electron chi connectivity index (χ3n) is 1.97. The molecule has 0 heterocycles. The summed E-state index contributed by atoms with van der Waals surface area (Å²) in [6, 6.07) is 0. The second-order valence-corrected chi connectivity index (χ2v) is 5.12. The lowest BCUT2D eigenvalue weighted by Crippen LogP contribution is -2.52. The Morgan fingerprint density at radius 1 is 1.15 bits per heavy atom. The van der Waals surface area contributed by atoms with E-state index in [2.05, 4.69) is 31.4 Å². The summed E-state index contributed by atoms with van der Waals surface area (Å²) >= 11 is 0. The summed E-state index contributed by atoms with van der Waals surface area (Å²) in [4.78, 5) is 11.6. The Kier molecular flexibility index (Phi) is 3.91. The topological polar surface area (TPSA) is 41.1 Å². The van der Waals surface area contributed by atoms with Crippen molar-refractivity contribution in [3.63, 3.8) is 0 Å². The Morgan fingerprint density at radius 3 is 1.92 bits per heavy atom. The second-order valence-electron chi connectivity index (χ2n) is 5.12. The van der Waals surface area contributed by atoms with Gasteiger partial charge in [-0.1, -0.05) is 20.8 Å². The quantitative estimate of drug-likeness (QED) is 0.694. The lowest BCUT2D eigenvalue weighted by atomic mass is 9.96. The number of rotatable bonds is 3. The summed E-state index contributed by atoms with van der Waals surface area (Å²) in [5.74, 6) is 0.0462. The Morgan fingerprint density at radius 2 is 1.62 bits per heavy atom. The van der Waals surface area contributed by atoms with Gasteiger partial charge in [0.15, 0.2) is 0 Å². The van der Waals surface area contributed by atoms with E-state index in [0.29, 0.717) is 6.54 Å². The van der Waals surface area contributed by atoms with Gasteiger partial charge >= 0.3 is 0 Å². The number of carbonyl (C=O) groups is 1. The van der Waals surface area contributed by atoms with Crippen LogP contribution in [0.1, 0.15) is 34.6 Å². The molecular weight excluding hydrogens is 164 g/mol. The summed E-state index contributed by atoms with van der Waals surface area (Å²) in [5.41, 5.74) is -0.343. The fourth-order valence-electron chi connectivity index (χ4n) is 0.680. The Balaban J connectivity index is 4.03. The van der Waals surface area contributed by atoms with Crippen LogP contribution in [0.5, 0.6) is 0 Å². The van der Waals surface area contributed by atoms with E-state index in [-0.39, 0.29) is 11.3 Å². The number of hydrogen-bond acceptors (Lipinski definition) is 2. The molecule has 0 radical (unpaired) electrons. The minimum absolute atomic E-state index is 0.0462. The van der Waals surface area contributed by atoms with Crippen molar-refractivity contribution in [1.82, 2.24) is 10.6 Å². The second kappa shape index (κ2) is 4.09. The molecule has 3 nitrogen and oxygen atoms in total. The number of amides is 1. The van der Waals surface area contributed by atoms with Gasteiger partial charge in [-0.25, -0.2) is 0 Å². The minimum atomic E-state index is -0.481. The molecule has 0 saturated carbocycles. The van der Waals surface area contributed by atoms with E-state index in [1.165, 1.54) is 0 Å². The standard InChI is InChI=1S/C10H22N2O/c1-9(2,3)7-12-8(13)10(4,5)11-6/h11H,7H2,1-6H3,(H,12,13). The molecular formula is C10H22N2O. The van der Waals surface area contributed by atoms with Gasteiger partial charge in [-0.05, 0) is 26.3 Å². The van der Waals surface area contributed by atoms with Gasteiger partial charge in [0.2, 0.25) is 5.91 Å². The maximum Gasteiger partial charge on any atom is 0.239 e. The van der Waals surface area contributed by atoms with Crippen molar-refractivity contribution in [2.45, 2.75) is 40.2 Å². The van der Waals surface area contributed by atoms with E-state index in [1.54, 1.807) is 7.05 Å². The number of hydrogen-bond donors (Lipinski definition) is 2. The third-order valence-corrected chi connectivity index (χ3v) is 1.97. The predicted molar refractivity (Wildman–Crippen MR) is 55.6 cm³/mol. The maximum absolute atomic E-state index is 11.6. The number of likely N-dealkylation sites (N-methyl/N-ethyl adjacent to an activating group) is 1. The molecule has 1 amide bonds. The van der Waals surface area contributed by atoms with Crippen molar-refractivity contribution in [3.8, 4) is 0 Å². The molecule has 78 valence electrons. The third kappa shape index (κ3) is 4.88. The molecule has 0 spiro atoms. The predicted octanol–water partition coefficient (Wildman–Crippen LogP) is 1.15. The molecule has 0 aliphatic rings. The lowest BCUT2D eigenvalue weighted by molar-refractivity contribution is -0.126. The van der Waals surface area contributed by atoms with Crippen LogP contribution in [-0.4, -0.2) is 25.0 Å². The summed E-state index contributed by atoms with van der Waals surface area (Å²) in [6.45, 7) is 10.7. The van der Waals surface area contributed by atoms with Gasteiger partial charge in [0.25, 0.3) is 0 Å². The highest BCUT2D eigenvalue weighted by Gasteiger charge is 2.25. The van der Waals surface area contributed by atoms with Gasteiger partial charge in [-0.15, -0.1) is 0 Å². The van der Waals surface area contributed by atoms with E-state index in [4.69, 9.17) is 0 Å².